The zero-order chi connectivity index (χ0) is 11.1. The van der Waals surface area contributed by atoms with Crippen LogP contribution < -0.4 is 0 Å². The standard InChI is InChI=1S/C12H23NO2/c1-11(2)8-10(14)9-12(13(11)15)6-4-3-5-7-12/h10,14-15H,3-9H2,1-2H3. The van der Waals surface area contributed by atoms with Crippen molar-refractivity contribution in [2.24, 2.45) is 0 Å². The van der Waals surface area contributed by atoms with Crippen molar-refractivity contribution in [2.75, 3.05) is 0 Å². The third-order valence-corrected chi connectivity index (χ3v) is 4.16. The highest BCUT2D eigenvalue weighted by Gasteiger charge is 2.50. The summed E-state index contributed by atoms with van der Waals surface area (Å²) in [6.07, 6.45) is 6.86. The van der Waals surface area contributed by atoms with E-state index in [2.05, 4.69) is 0 Å². The molecule has 3 nitrogen and oxygen atoms in total. The van der Waals surface area contributed by atoms with Crippen LogP contribution in [0, 0.1) is 0 Å². The van der Waals surface area contributed by atoms with Crippen molar-refractivity contribution >= 4 is 0 Å². The Morgan fingerprint density at radius 3 is 2.27 bits per heavy atom. The lowest BCUT2D eigenvalue weighted by Gasteiger charge is -2.55. The van der Waals surface area contributed by atoms with Gasteiger partial charge in [0.2, 0.25) is 0 Å². The number of hydroxylamine groups is 2. The first-order chi connectivity index (χ1) is 6.96. The molecule has 1 unspecified atom stereocenters. The second-order valence-corrected chi connectivity index (χ2v) is 5.97. The molecule has 1 atom stereocenters. The van der Waals surface area contributed by atoms with E-state index in [1.807, 2.05) is 13.8 Å². The number of hydrogen-bond acceptors (Lipinski definition) is 3. The first kappa shape index (κ1) is 11.4. The van der Waals surface area contributed by atoms with Crippen LogP contribution in [0.5, 0.6) is 0 Å². The van der Waals surface area contributed by atoms with Crippen LogP contribution in [0.3, 0.4) is 0 Å². The maximum absolute atomic E-state index is 10.4. The normalized spacial score (nSPS) is 35.6. The van der Waals surface area contributed by atoms with Crippen molar-refractivity contribution in [3.63, 3.8) is 0 Å². The number of piperidine rings is 1. The second-order valence-electron chi connectivity index (χ2n) is 5.97. The Morgan fingerprint density at radius 1 is 1.07 bits per heavy atom. The number of hydrogen-bond donors (Lipinski definition) is 2. The summed E-state index contributed by atoms with van der Waals surface area (Å²) in [7, 11) is 0. The number of rotatable bonds is 0. The lowest BCUT2D eigenvalue weighted by atomic mass is 9.71. The summed E-state index contributed by atoms with van der Waals surface area (Å²) in [6, 6.07) is 0. The molecule has 1 spiro atoms. The topological polar surface area (TPSA) is 43.7 Å². The van der Waals surface area contributed by atoms with Crippen molar-refractivity contribution in [2.45, 2.75) is 76.0 Å². The zero-order valence-corrected chi connectivity index (χ0v) is 9.87. The number of nitrogens with zero attached hydrogens (tertiary/aromatic N) is 1. The van der Waals surface area contributed by atoms with Gasteiger partial charge < -0.3 is 10.3 Å². The smallest absolute Gasteiger partial charge is 0.0577 e. The first-order valence-corrected chi connectivity index (χ1v) is 6.14. The van der Waals surface area contributed by atoms with Crippen LogP contribution in [0.4, 0.5) is 0 Å². The highest BCUT2D eigenvalue weighted by molar-refractivity contribution is 5.02. The fourth-order valence-corrected chi connectivity index (χ4v) is 3.53. The minimum Gasteiger partial charge on any atom is -0.393 e. The summed E-state index contributed by atoms with van der Waals surface area (Å²) in [5, 5.41) is 21.9. The van der Waals surface area contributed by atoms with Crippen LogP contribution in [0.2, 0.25) is 0 Å². The monoisotopic (exact) mass is 213 g/mol. The van der Waals surface area contributed by atoms with Gasteiger partial charge in [-0.05, 0) is 39.5 Å². The van der Waals surface area contributed by atoms with E-state index in [1.54, 1.807) is 5.06 Å². The minimum absolute atomic E-state index is 0.139. The maximum atomic E-state index is 10.4. The Morgan fingerprint density at radius 2 is 1.67 bits per heavy atom. The lowest BCUT2D eigenvalue weighted by Crippen LogP contribution is -2.63. The third kappa shape index (κ3) is 1.93. The molecule has 1 heterocycles. The van der Waals surface area contributed by atoms with Gasteiger partial charge in [-0.1, -0.05) is 19.3 Å². The molecule has 2 fully saturated rings. The highest BCUT2D eigenvalue weighted by Crippen LogP contribution is 2.45. The largest absolute Gasteiger partial charge is 0.393 e. The molecule has 2 aliphatic rings. The summed E-state index contributed by atoms with van der Waals surface area (Å²) < 4.78 is 0. The Kier molecular flexibility index (Phi) is 2.82. The predicted molar refractivity (Wildman–Crippen MR) is 58.8 cm³/mol. The number of aliphatic hydroxyl groups is 1. The van der Waals surface area contributed by atoms with E-state index in [4.69, 9.17) is 0 Å². The van der Waals surface area contributed by atoms with E-state index in [0.717, 1.165) is 19.3 Å². The molecule has 0 aromatic carbocycles. The zero-order valence-electron chi connectivity index (χ0n) is 9.87. The minimum atomic E-state index is -0.283. The van der Waals surface area contributed by atoms with Gasteiger partial charge in [0.25, 0.3) is 0 Å². The molecule has 1 aliphatic heterocycles. The van der Waals surface area contributed by atoms with E-state index in [0.29, 0.717) is 6.42 Å². The molecule has 1 aliphatic carbocycles. The van der Waals surface area contributed by atoms with E-state index < -0.39 is 0 Å². The van der Waals surface area contributed by atoms with Gasteiger partial charge in [0.05, 0.1) is 6.10 Å². The summed E-state index contributed by atoms with van der Waals surface area (Å²) in [4.78, 5) is 0. The van der Waals surface area contributed by atoms with Gasteiger partial charge in [-0.15, -0.1) is 0 Å². The summed E-state index contributed by atoms with van der Waals surface area (Å²) in [5.74, 6) is 0. The molecule has 0 radical (unpaired) electrons. The molecule has 0 amide bonds. The number of aliphatic hydroxyl groups excluding tert-OH is 1. The van der Waals surface area contributed by atoms with Crippen LogP contribution in [-0.2, 0) is 0 Å². The Bertz CT molecular complexity index is 234. The van der Waals surface area contributed by atoms with Gasteiger partial charge >= 0.3 is 0 Å². The summed E-state index contributed by atoms with van der Waals surface area (Å²) in [6.45, 7) is 4.04. The maximum Gasteiger partial charge on any atom is 0.0577 e. The molecular formula is C12H23NO2. The molecule has 3 heteroatoms. The van der Waals surface area contributed by atoms with Crippen LogP contribution in [0.15, 0.2) is 0 Å². The van der Waals surface area contributed by atoms with Crippen molar-refractivity contribution in [3.05, 3.63) is 0 Å². The Hall–Kier alpha value is -0.120. The van der Waals surface area contributed by atoms with Crippen LogP contribution in [0.25, 0.3) is 0 Å². The molecule has 1 saturated heterocycles. The molecule has 1 saturated carbocycles. The summed E-state index contributed by atoms with van der Waals surface area (Å²) in [5.41, 5.74) is -0.422. The second kappa shape index (κ2) is 3.72. The van der Waals surface area contributed by atoms with E-state index >= 15 is 0 Å². The Balaban J connectivity index is 2.21. The van der Waals surface area contributed by atoms with Crippen LogP contribution in [0.1, 0.15) is 58.8 Å². The van der Waals surface area contributed by atoms with Crippen LogP contribution in [-0.4, -0.2) is 32.6 Å². The molecule has 2 rings (SSSR count). The van der Waals surface area contributed by atoms with Crippen LogP contribution >= 0.6 is 0 Å². The van der Waals surface area contributed by atoms with Crippen molar-refractivity contribution in [1.82, 2.24) is 5.06 Å². The fourth-order valence-electron chi connectivity index (χ4n) is 3.53. The highest BCUT2D eigenvalue weighted by atomic mass is 16.5. The quantitative estimate of drug-likeness (QED) is 0.649. The molecular weight excluding hydrogens is 190 g/mol. The lowest BCUT2D eigenvalue weighted by molar-refractivity contribution is -0.274. The molecule has 2 N–H and O–H groups in total. The molecule has 15 heavy (non-hydrogen) atoms. The van der Waals surface area contributed by atoms with E-state index in [1.165, 1.54) is 19.3 Å². The van der Waals surface area contributed by atoms with Gasteiger partial charge in [-0.2, -0.15) is 5.06 Å². The van der Waals surface area contributed by atoms with E-state index in [9.17, 15) is 10.3 Å². The van der Waals surface area contributed by atoms with Gasteiger partial charge in [-0.25, -0.2) is 0 Å². The average Bonchev–Trinajstić information content (AvgIpc) is 2.15. The van der Waals surface area contributed by atoms with Gasteiger partial charge in [0.1, 0.15) is 0 Å². The first-order valence-electron chi connectivity index (χ1n) is 6.14. The molecule has 0 aromatic heterocycles. The van der Waals surface area contributed by atoms with Crippen molar-refractivity contribution < 1.29 is 10.3 Å². The Labute approximate surface area is 92.0 Å². The third-order valence-electron chi connectivity index (χ3n) is 4.16. The molecule has 0 aromatic rings. The van der Waals surface area contributed by atoms with Gasteiger partial charge in [-0.3, -0.25) is 0 Å². The summed E-state index contributed by atoms with van der Waals surface area (Å²) >= 11 is 0. The van der Waals surface area contributed by atoms with Gasteiger partial charge in [0.15, 0.2) is 0 Å². The average molecular weight is 213 g/mol. The van der Waals surface area contributed by atoms with Gasteiger partial charge in [0, 0.05) is 11.1 Å². The van der Waals surface area contributed by atoms with Crippen molar-refractivity contribution in [1.29, 1.82) is 0 Å². The fraction of sp³-hybridized carbons (Fsp3) is 1.00. The SMILES string of the molecule is CC1(C)CC(O)CC2(CCCCC2)N1O. The van der Waals surface area contributed by atoms with E-state index in [-0.39, 0.29) is 17.2 Å². The predicted octanol–water partition coefficient (Wildman–Crippen LogP) is 2.31. The molecule has 0 bridgehead atoms. The molecule has 88 valence electrons. The van der Waals surface area contributed by atoms with Crippen molar-refractivity contribution in [3.8, 4) is 0 Å².